The van der Waals surface area contributed by atoms with Crippen LogP contribution in [0.5, 0.6) is 5.75 Å². The molecule has 0 bridgehead atoms. The standard InChI is InChI=1S/C30H35BrN2O3/c1-4-5-17-32-30(35)28(19-24-12-7-6-8-13-24)33(20-25-14-10-9-11-22(25)2)29(34)21-36-26-15-16-27(31)23(3)18-26/h6-16,18,28H,4-5,17,19-21H2,1-3H3,(H,32,35)/t28-/m0/s1. The lowest BCUT2D eigenvalue weighted by molar-refractivity contribution is -0.142. The Balaban J connectivity index is 1.89. The average molecular weight is 552 g/mol. The zero-order valence-electron chi connectivity index (χ0n) is 21.3. The molecule has 1 atom stereocenters. The van der Waals surface area contributed by atoms with Gasteiger partial charge >= 0.3 is 0 Å². The fourth-order valence-electron chi connectivity index (χ4n) is 3.97. The van der Waals surface area contributed by atoms with Gasteiger partial charge in [0.15, 0.2) is 6.61 Å². The first-order chi connectivity index (χ1) is 17.4. The van der Waals surface area contributed by atoms with Crippen LogP contribution in [0.15, 0.2) is 77.3 Å². The molecule has 0 aromatic heterocycles. The molecule has 190 valence electrons. The lowest BCUT2D eigenvalue weighted by Crippen LogP contribution is -2.52. The first-order valence-electron chi connectivity index (χ1n) is 12.4. The van der Waals surface area contributed by atoms with Crippen LogP contribution in [0.2, 0.25) is 0 Å². The molecular weight excluding hydrogens is 516 g/mol. The van der Waals surface area contributed by atoms with Crippen LogP contribution >= 0.6 is 15.9 Å². The average Bonchev–Trinajstić information content (AvgIpc) is 2.88. The first kappa shape index (κ1) is 27.5. The second-order valence-corrected chi connectivity index (χ2v) is 9.85. The summed E-state index contributed by atoms with van der Waals surface area (Å²) in [6.07, 6.45) is 2.30. The van der Waals surface area contributed by atoms with Crippen LogP contribution < -0.4 is 10.1 Å². The van der Waals surface area contributed by atoms with Crippen LogP contribution in [0, 0.1) is 13.8 Å². The zero-order chi connectivity index (χ0) is 25.9. The van der Waals surface area contributed by atoms with Crippen molar-refractivity contribution in [3.05, 3.63) is 99.5 Å². The van der Waals surface area contributed by atoms with E-state index >= 15 is 0 Å². The predicted octanol–water partition coefficient (Wildman–Crippen LogP) is 6.00. The Morgan fingerprint density at radius 1 is 0.972 bits per heavy atom. The molecule has 0 aliphatic heterocycles. The van der Waals surface area contributed by atoms with E-state index in [4.69, 9.17) is 4.74 Å². The number of ether oxygens (including phenoxy) is 1. The van der Waals surface area contributed by atoms with Gasteiger partial charge in [-0.15, -0.1) is 0 Å². The second kappa shape index (κ2) is 13.8. The van der Waals surface area contributed by atoms with E-state index in [9.17, 15) is 9.59 Å². The lowest BCUT2D eigenvalue weighted by atomic mass is 10.0. The third kappa shape index (κ3) is 7.95. The van der Waals surface area contributed by atoms with Crippen molar-refractivity contribution in [1.82, 2.24) is 10.2 Å². The minimum absolute atomic E-state index is 0.145. The summed E-state index contributed by atoms with van der Waals surface area (Å²) in [4.78, 5) is 28.8. The summed E-state index contributed by atoms with van der Waals surface area (Å²) in [6.45, 7) is 6.84. The molecule has 0 spiro atoms. The maximum Gasteiger partial charge on any atom is 0.261 e. The van der Waals surface area contributed by atoms with Gasteiger partial charge in [0.25, 0.3) is 5.91 Å². The molecule has 0 aliphatic carbocycles. The van der Waals surface area contributed by atoms with E-state index in [2.05, 4.69) is 28.2 Å². The molecule has 2 amide bonds. The van der Waals surface area contributed by atoms with Crippen molar-refractivity contribution in [2.24, 2.45) is 0 Å². The van der Waals surface area contributed by atoms with Crippen LogP contribution in [0.3, 0.4) is 0 Å². The quantitative estimate of drug-likeness (QED) is 0.281. The Hall–Kier alpha value is -3.12. The maximum absolute atomic E-state index is 13.7. The van der Waals surface area contributed by atoms with Crippen molar-refractivity contribution in [2.45, 2.75) is 52.6 Å². The molecule has 6 heteroatoms. The van der Waals surface area contributed by atoms with Crippen LogP contribution in [0.4, 0.5) is 0 Å². The van der Waals surface area contributed by atoms with Crippen LogP contribution in [0.25, 0.3) is 0 Å². The fourth-order valence-corrected chi connectivity index (χ4v) is 4.21. The van der Waals surface area contributed by atoms with Gasteiger partial charge in [0.2, 0.25) is 5.91 Å². The molecule has 0 aliphatic rings. The van der Waals surface area contributed by atoms with Crippen molar-refractivity contribution in [3.8, 4) is 5.75 Å². The van der Waals surface area contributed by atoms with Gasteiger partial charge in [-0.1, -0.05) is 83.9 Å². The molecule has 0 heterocycles. The minimum atomic E-state index is -0.661. The van der Waals surface area contributed by atoms with Crippen LogP contribution in [-0.4, -0.2) is 35.9 Å². The number of unbranched alkanes of at least 4 members (excludes halogenated alkanes) is 1. The maximum atomic E-state index is 13.7. The van der Waals surface area contributed by atoms with Gasteiger partial charge in [0.1, 0.15) is 11.8 Å². The summed E-state index contributed by atoms with van der Waals surface area (Å²) < 4.78 is 6.87. The number of amides is 2. The van der Waals surface area contributed by atoms with Crippen molar-refractivity contribution < 1.29 is 14.3 Å². The number of rotatable bonds is 12. The Bertz CT molecular complexity index is 1150. The predicted molar refractivity (Wildman–Crippen MR) is 148 cm³/mol. The smallest absolute Gasteiger partial charge is 0.261 e. The molecule has 0 saturated carbocycles. The highest BCUT2D eigenvalue weighted by Gasteiger charge is 2.30. The van der Waals surface area contributed by atoms with Gasteiger partial charge < -0.3 is 15.0 Å². The zero-order valence-corrected chi connectivity index (χ0v) is 22.9. The van der Waals surface area contributed by atoms with E-state index < -0.39 is 6.04 Å². The first-order valence-corrected chi connectivity index (χ1v) is 13.2. The summed E-state index contributed by atoms with van der Waals surface area (Å²) in [5, 5.41) is 3.05. The number of halogens is 1. The van der Waals surface area contributed by atoms with Crippen molar-refractivity contribution >= 4 is 27.7 Å². The fraction of sp³-hybridized carbons (Fsp3) is 0.333. The molecule has 0 fully saturated rings. The lowest BCUT2D eigenvalue weighted by Gasteiger charge is -2.32. The van der Waals surface area contributed by atoms with Gasteiger partial charge in [-0.2, -0.15) is 0 Å². The van der Waals surface area contributed by atoms with Gasteiger partial charge in [0, 0.05) is 24.0 Å². The minimum Gasteiger partial charge on any atom is -0.484 e. The summed E-state index contributed by atoms with van der Waals surface area (Å²) in [5.74, 6) is 0.242. The Labute approximate surface area is 223 Å². The Morgan fingerprint density at radius 3 is 2.39 bits per heavy atom. The number of nitrogens with zero attached hydrogens (tertiary/aromatic N) is 1. The summed E-state index contributed by atoms with van der Waals surface area (Å²) in [7, 11) is 0. The van der Waals surface area contributed by atoms with Crippen LogP contribution in [0.1, 0.15) is 42.0 Å². The van der Waals surface area contributed by atoms with E-state index in [0.29, 0.717) is 25.3 Å². The number of hydrogen-bond donors (Lipinski definition) is 1. The van der Waals surface area contributed by atoms with Crippen molar-refractivity contribution in [1.29, 1.82) is 0 Å². The molecule has 3 aromatic carbocycles. The largest absolute Gasteiger partial charge is 0.484 e. The van der Waals surface area contributed by atoms with E-state index in [1.54, 1.807) is 4.90 Å². The number of carbonyl (C=O) groups is 2. The molecule has 3 aromatic rings. The molecule has 36 heavy (non-hydrogen) atoms. The third-order valence-electron chi connectivity index (χ3n) is 6.19. The van der Waals surface area contributed by atoms with Gasteiger partial charge in [0.05, 0.1) is 0 Å². The number of benzene rings is 3. The molecule has 1 N–H and O–H groups in total. The molecule has 3 rings (SSSR count). The molecule has 0 saturated heterocycles. The van der Waals surface area contributed by atoms with Gasteiger partial charge in [-0.25, -0.2) is 0 Å². The SMILES string of the molecule is CCCCNC(=O)[C@H](Cc1ccccc1)N(Cc1ccccc1C)C(=O)COc1ccc(Br)c(C)c1. The summed E-state index contributed by atoms with van der Waals surface area (Å²) in [6, 6.07) is 22.8. The van der Waals surface area contributed by atoms with Gasteiger partial charge in [-0.05, 0) is 60.7 Å². The molecule has 0 radical (unpaired) electrons. The normalized spacial score (nSPS) is 11.6. The number of aryl methyl sites for hydroxylation is 2. The summed E-state index contributed by atoms with van der Waals surface area (Å²) in [5.41, 5.74) is 4.10. The summed E-state index contributed by atoms with van der Waals surface area (Å²) >= 11 is 3.49. The van der Waals surface area contributed by atoms with Gasteiger partial charge in [-0.3, -0.25) is 9.59 Å². The van der Waals surface area contributed by atoms with Crippen LogP contribution in [-0.2, 0) is 22.6 Å². The number of carbonyl (C=O) groups excluding carboxylic acids is 2. The number of hydrogen-bond acceptors (Lipinski definition) is 3. The van der Waals surface area contributed by atoms with E-state index in [1.165, 1.54) is 0 Å². The highest BCUT2D eigenvalue weighted by atomic mass is 79.9. The van der Waals surface area contributed by atoms with Crippen molar-refractivity contribution in [2.75, 3.05) is 13.2 Å². The monoisotopic (exact) mass is 550 g/mol. The van der Waals surface area contributed by atoms with E-state index in [0.717, 1.165) is 39.6 Å². The third-order valence-corrected chi connectivity index (χ3v) is 7.08. The second-order valence-electron chi connectivity index (χ2n) is 9.00. The highest BCUT2D eigenvalue weighted by Crippen LogP contribution is 2.22. The molecule has 0 unspecified atom stereocenters. The molecular formula is C30H35BrN2O3. The highest BCUT2D eigenvalue weighted by molar-refractivity contribution is 9.10. The molecule has 5 nitrogen and oxygen atoms in total. The van der Waals surface area contributed by atoms with E-state index in [-0.39, 0.29) is 18.4 Å². The Kier molecular flexibility index (Phi) is 10.6. The Morgan fingerprint density at radius 2 is 1.69 bits per heavy atom. The van der Waals surface area contributed by atoms with Crippen molar-refractivity contribution in [3.63, 3.8) is 0 Å². The van der Waals surface area contributed by atoms with E-state index in [1.807, 2.05) is 86.6 Å². The topological polar surface area (TPSA) is 58.6 Å². The number of nitrogens with one attached hydrogen (secondary N) is 1.